The summed E-state index contributed by atoms with van der Waals surface area (Å²) in [6, 6.07) is 8.96. The molecule has 1 aromatic carbocycles. The van der Waals surface area contributed by atoms with Crippen LogP contribution in [0.5, 0.6) is 0 Å². The van der Waals surface area contributed by atoms with Gasteiger partial charge in [0.15, 0.2) is 0 Å². The van der Waals surface area contributed by atoms with E-state index in [0.29, 0.717) is 24.2 Å². The summed E-state index contributed by atoms with van der Waals surface area (Å²) in [6.45, 7) is 0.456. The van der Waals surface area contributed by atoms with Gasteiger partial charge >= 0.3 is 0 Å². The Bertz CT molecular complexity index is 553. The number of carbonyl (C=O) groups excluding carboxylic acids is 2. The van der Waals surface area contributed by atoms with Crippen LogP contribution in [-0.4, -0.2) is 18.1 Å². The molecule has 1 aliphatic rings. The van der Waals surface area contributed by atoms with Crippen molar-refractivity contribution in [1.82, 2.24) is 5.32 Å². The van der Waals surface area contributed by atoms with Crippen LogP contribution in [0.1, 0.15) is 22.3 Å². The molecule has 1 aromatic rings. The van der Waals surface area contributed by atoms with Gasteiger partial charge in [0.05, 0.1) is 12.5 Å². The molecule has 2 rings (SSSR count). The van der Waals surface area contributed by atoms with Gasteiger partial charge in [-0.3, -0.25) is 9.59 Å². The number of Topliss-reactive ketones (excluding diaryl/α,β-unsaturated/α-hetero) is 1. The number of rotatable bonds is 3. The molecular weight excluding hydrogens is 216 g/mol. The van der Waals surface area contributed by atoms with Crippen LogP contribution in [-0.2, 0) is 4.79 Å². The van der Waals surface area contributed by atoms with Crippen molar-refractivity contribution in [2.75, 3.05) is 6.54 Å². The minimum atomic E-state index is -0.525. The lowest BCUT2D eigenvalue weighted by Gasteiger charge is -2.16. The van der Waals surface area contributed by atoms with Gasteiger partial charge in [0, 0.05) is 29.4 Å². The van der Waals surface area contributed by atoms with Crippen molar-refractivity contribution in [2.45, 2.75) is 6.42 Å². The van der Waals surface area contributed by atoms with Gasteiger partial charge in [-0.05, 0) is 0 Å². The summed E-state index contributed by atoms with van der Waals surface area (Å²) in [5.41, 5.74) is 1.75. The molecule has 0 heterocycles. The van der Waals surface area contributed by atoms with Crippen molar-refractivity contribution >= 4 is 17.3 Å². The Morgan fingerprint density at radius 1 is 1.18 bits per heavy atom. The lowest BCUT2D eigenvalue weighted by molar-refractivity contribution is -0.111. The lowest BCUT2D eigenvalue weighted by atomic mass is 9.93. The molecule has 4 heteroatoms. The summed E-state index contributed by atoms with van der Waals surface area (Å²) in [6.07, 6.45) is 1.64. The second kappa shape index (κ2) is 4.62. The molecule has 0 saturated carbocycles. The largest absolute Gasteiger partial charge is 0.383 e. The zero-order valence-electron chi connectivity index (χ0n) is 9.06. The number of nitrogens with zero attached hydrogens (tertiary/aromatic N) is 1. The molecule has 84 valence electrons. The van der Waals surface area contributed by atoms with E-state index in [2.05, 4.69) is 5.32 Å². The molecule has 0 unspecified atom stereocenters. The van der Waals surface area contributed by atoms with Gasteiger partial charge < -0.3 is 5.32 Å². The fraction of sp³-hybridized carbons (Fsp3) is 0.154. The van der Waals surface area contributed by atoms with Crippen molar-refractivity contribution in [2.24, 2.45) is 0 Å². The number of ketones is 2. The number of hydrogen-bond donors (Lipinski definition) is 1. The summed E-state index contributed by atoms with van der Waals surface area (Å²) in [5.74, 6) is -1.01. The number of hydrogen-bond acceptors (Lipinski definition) is 4. The number of allylic oxidation sites excluding steroid dienone is 1. The van der Waals surface area contributed by atoms with Crippen molar-refractivity contribution in [3.8, 4) is 6.07 Å². The van der Waals surface area contributed by atoms with Crippen LogP contribution in [0.2, 0.25) is 0 Å². The number of benzene rings is 1. The minimum absolute atomic E-state index is 0.349. The first kappa shape index (κ1) is 11.1. The van der Waals surface area contributed by atoms with Crippen molar-refractivity contribution in [1.29, 1.82) is 5.26 Å². The van der Waals surface area contributed by atoms with E-state index in [1.165, 1.54) is 6.08 Å². The molecule has 4 nitrogen and oxygen atoms in total. The van der Waals surface area contributed by atoms with Crippen LogP contribution in [0.4, 0.5) is 0 Å². The molecule has 0 radical (unpaired) electrons. The maximum atomic E-state index is 11.6. The molecule has 0 aromatic heterocycles. The van der Waals surface area contributed by atoms with Crippen molar-refractivity contribution in [3.05, 3.63) is 41.5 Å². The van der Waals surface area contributed by atoms with E-state index in [0.717, 1.165) is 5.56 Å². The highest BCUT2D eigenvalue weighted by Crippen LogP contribution is 2.22. The van der Waals surface area contributed by atoms with E-state index in [4.69, 9.17) is 5.26 Å². The van der Waals surface area contributed by atoms with E-state index >= 15 is 0 Å². The van der Waals surface area contributed by atoms with E-state index in [1.807, 2.05) is 12.1 Å². The monoisotopic (exact) mass is 226 g/mol. The standard InChI is InChI=1S/C13H10N2O2/c14-6-3-7-15-11-8-12(16)13(17)10-5-2-1-4-9(10)11/h1-2,4-5,8,15H,3,7H2. The summed E-state index contributed by atoms with van der Waals surface area (Å²) < 4.78 is 0. The molecule has 0 spiro atoms. The Balaban J connectivity index is 2.33. The number of nitrogens with one attached hydrogen (secondary N) is 1. The Labute approximate surface area is 98.6 Å². The fourth-order valence-electron chi connectivity index (χ4n) is 1.72. The highest BCUT2D eigenvalue weighted by atomic mass is 16.2. The zero-order chi connectivity index (χ0) is 12.3. The molecule has 0 fully saturated rings. The molecule has 0 atom stereocenters. The number of fused-ring (bicyclic) bond motifs is 1. The SMILES string of the molecule is N#CCCNC1=CC(=O)C(=O)c2ccccc21. The van der Waals surface area contributed by atoms with Crippen molar-refractivity contribution in [3.63, 3.8) is 0 Å². The first-order valence-electron chi connectivity index (χ1n) is 5.24. The van der Waals surface area contributed by atoms with Gasteiger partial charge in [-0.2, -0.15) is 5.26 Å². The van der Waals surface area contributed by atoms with Crippen LogP contribution in [0, 0.1) is 11.3 Å². The van der Waals surface area contributed by atoms with Crippen molar-refractivity contribution < 1.29 is 9.59 Å². The Kier molecular flexibility index (Phi) is 3.01. The van der Waals surface area contributed by atoms with E-state index < -0.39 is 11.6 Å². The Hall–Kier alpha value is -2.41. The molecular formula is C13H10N2O2. The number of nitriles is 1. The molecule has 0 aliphatic heterocycles. The Morgan fingerprint density at radius 3 is 2.59 bits per heavy atom. The second-order valence-electron chi connectivity index (χ2n) is 3.63. The summed E-state index contributed by atoms with van der Waals surface area (Å²) in [7, 11) is 0. The third kappa shape index (κ3) is 2.08. The molecule has 0 bridgehead atoms. The van der Waals surface area contributed by atoms with Gasteiger partial charge in [0.25, 0.3) is 0 Å². The maximum absolute atomic E-state index is 11.6. The summed E-state index contributed by atoms with van der Waals surface area (Å²) in [5, 5.41) is 11.4. The Morgan fingerprint density at radius 2 is 1.88 bits per heavy atom. The quantitative estimate of drug-likeness (QED) is 0.623. The van der Waals surface area contributed by atoms with E-state index in [1.54, 1.807) is 18.2 Å². The molecule has 1 aliphatic carbocycles. The van der Waals surface area contributed by atoms with Crippen LogP contribution < -0.4 is 5.32 Å². The predicted molar refractivity (Wildman–Crippen MR) is 62.0 cm³/mol. The third-order valence-corrected chi connectivity index (χ3v) is 2.51. The predicted octanol–water partition coefficient (Wildman–Crippen LogP) is 1.30. The molecule has 0 amide bonds. The van der Waals surface area contributed by atoms with Crippen LogP contribution >= 0.6 is 0 Å². The van der Waals surface area contributed by atoms with Gasteiger partial charge in [0.2, 0.25) is 11.6 Å². The van der Waals surface area contributed by atoms with Gasteiger partial charge in [-0.15, -0.1) is 0 Å². The average Bonchev–Trinajstić information content (AvgIpc) is 2.36. The first-order chi connectivity index (χ1) is 8.24. The lowest BCUT2D eigenvalue weighted by Crippen LogP contribution is -2.24. The number of carbonyl (C=O) groups is 2. The van der Waals surface area contributed by atoms with Crippen LogP contribution in [0.3, 0.4) is 0 Å². The maximum Gasteiger partial charge on any atom is 0.233 e. The third-order valence-electron chi connectivity index (χ3n) is 2.51. The zero-order valence-corrected chi connectivity index (χ0v) is 9.06. The van der Waals surface area contributed by atoms with Gasteiger partial charge in [-0.25, -0.2) is 0 Å². The van der Waals surface area contributed by atoms with Gasteiger partial charge in [0.1, 0.15) is 0 Å². The minimum Gasteiger partial charge on any atom is -0.383 e. The fourth-order valence-corrected chi connectivity index (χ4v) is 1.72. The normalized spacial score (nSPS) is 13.7. The average molecular weight is 226 g/mol. The van der Waals surface area contributed by atoms with Crippen LogP contribution in [0.15, 0.2) is 30.3 Å². The summed E-state index contributed by atoms with van der Waals surface area (Å²) >= 11 is 0. The van der Waals surface area contributed by atoms with E-state index in [9.17, 15) is 9.59 Å². The highest BCUT2D eigenvalue weighted by molar-refractivity contribution is 6.50. The molecule has 17 heavy (non-hydrogen) atoms. The second-order valence-corrected chi connectivity index (χ2v) is 3.63. The van der Waals surface area contributed by atoms with Gasteiger partial charge in [-0.1, -0.05) is 24.3 Å². The highest BCUT2D eigenvalue weighted by Gasteiger charge is 2.24. The van der Waals surface area contributed by atoms with Crippen LogP contribution in [0.25, 0.3) is 5.70 Å². The summed E-state index contributed by atoms with van der Waals surface area (Å²) in [4.78, 5) is 23.1. The first-order valence-corrected chi connectivity index (χ1v) is 5.24. The smallest absolute Gasteiger partial charge is 0.233 e. The molecule has 0 saturated heterocycles. The van der Waals surface area contributed by atoms with E-state index in [-0.39, 0.29) is 0 Å². The molecule has 1 N–H and O–H groups in total. The topological polar surface area (TPSA) is 70.0 Å².